The molecule has 0 bridgehead atoms. The lowest BCUT2D eigenvalue weighted by atomic mass is 10.5. The van der Waals surface area contributed by atoms with Gasteiger partial charge in [-0.25, -0.2) is 30.0 Å². The van der Waals surface area contributed by atoms with Crippen LogP contribution >= 0.6 is 0 Å². The molecule has 30 heavy (non-hydrogen) atoms. The van der Waals surface area contributed by atoms with Gasteiger partial charge >= 0.3 is 27.0 Å². The third-order valence-electron chi connectivity index (χ3n) is 2.96. The summed E-state index contributed by atoms with van der Waals surface area (Å²) in [6.45, 7) is -1.67. The quantitative estimate of drug-likeness (QED) is 0.209. The van der Waals surface area contributed by atoms with Crippen LogP contribution in [0.25, 0.3) is 0 Å². The van der Waals surface area contributed by atoms with Gasteiger partial charge in [0, 0.05) is 0 Å². The molecule has 0 aromatic rings. The largest absolute Gasteiger partial charge is 0.508 e. The van der Waals surface area contributed by atoms with E-state index < -0.39 is 89.0 Å². The lowest BCUT2D eigenvalue weighted by molar-refractivity contribution is 0.0515. The number of rotatable bonds is 15. The zero-order chi connectivity index (χ0) is 23.6. The van der Waals surface area contributed by atoms with Crippen molar-refractivity contribution in [2.24, 2.45) is 0 Å². The number of carbonyl (C=O) groups is 1. The summed E-state index contributed by atoms with van der Waals surface area (Å²) in [5, 5.41) is 0. The van der Waals surface area contributed by atoms with Crippen LogP contribution in [0.1, 0.15) is 0 Å². The predicted molar refractivity (Wildman–Crippen MR) is 98.3 cm³/mol. The molecule has 0 saturated heterocycles. The van der Waals surface area contributed by atoms with Gasteiger partial charge in [-0.1, -0.05) is 0 Å². The van der Waals surface area contributed by atoms with E-state index in [0.29, 0.717) is 0 Å². The lowest BCUT2D eigenvalue weighted by Crippen LogP contribution is -2.36. The van der Waals surface area contributed by atoms with Crippen molar-refractivity contribution in [2.45, 2.75) is 6.10 Å². The second-order valence-corrected chi connectivity index (χ2v) is 12.4. The minimum atomic E-state index is -4.39. The Kier molecular flexibility index (Phi) is 11.6. The highest BCUT2D eigenvalue weighted by atomic mass is 32.3. The van der Waals surface area contributed by atoms with Crippen molar-refractivity contribution in [3.8, 4) is 0 Å². The molecule has 19 heteroatoms. The van der Waals surface area contributed by atoms with Gasteiger partial charge in [-0.2, -0.15) is 16.8 Å². The summed E-state index contributed by atoms with van der Waals surface area (Å²) in [5.74, 6) is -3.78. The SMILES string of the molecule is COC(=O)OC(CS(=O)(=O)CCOS(=O)(=O)OC)CS(=O)(=O)CCOS(=O)(=O)OC. The van der Waals surface area contributed by atoms with Gasteiger partial charge < -0.3 is 9.47 Å². The van der Waals surface area contributed by atoms with Crippen molar-refractivity contribution in [1.29, 1.82) is 0 Å². The van der Waals surface area contributed by atoms with Crippen LogP contribution in [0.5, 0.6) is 0 Å². The molecule has 0 spiro atoms. The highest BCUT2D eigenvalue weighted by molar-refractivity contribution is 7.92. The van der Waals surface area contributed by atoms with Crippen molar-refractivity contribution in [2.75, 3.05) is 57.6 Å². The molecule has 0 rings (SSSR count). The Morgan fingerprint density at radius 1 is 0.700 bits per heavy atom. The van der Waals surface area contributed by atoms with Crippen LogP contribution in [-0.2, 0) is 66.7 Å². The van der Waals surface area contributed by atoms with Crippen LogP contribution in [0.15, 0.2) is 0 Å². The summed E-state index contributed by atoms with van der Waals surface area (Å²) in [7, 11) is -14.6. The maximum absolute atomic E-state index is 12.1. The molecule has 0 heterocycles. The summed E-state index contributed by atoms with van der Waals surface area (Å²) >= 11 is 0. The third kappa shape index (κ3) is 13.3. The molecule has 0 saturated carbocycles. The second kappa shape index (κ2) is 12.1. The third-order valence-corrected chi connectivity index (χ3v) is 8.03. The average molecular weight is 523 g/mol. The molecular weight excluding hydrogens is 500 g/mol. The highest BCUT2D eigenvalue weighted by Gasteiger charge is 2.29. The van der Waals surface area contributed by atoms with Gasteiger partial charge in [0.15, 0.2) is 19.7 Å². The molecular formula is C11H22O15S4. The molecule has 0 radical (unpaired) electrons. The Hall–Kier alpha value is -1.09. The van der Waals surface area contributed by atoms with Crippen LogP contribution in [-0.4, -0.2) is 103 Å². The number of hydrogen-bond acceptors (Lipinski definition) is 15. The Morgan fingerprint density at radius 2 is 1.07 bits per heavy atom. The van der Waals surface area contributed by atoms with Crippen molar-refractivity contribution in [3.05, 3.63) is 0 Å². The second-order valence-electron chi connectivity index (χ2n) is 5.22. The summed E-state index contributed by atoms with van der Waals surface area (Å²) in [4.78, 5) is 11.3. The van der Waals surface area contributed by atoms with Crippen LogP contribution < -0.4 is 0 Å². The van der Waals surface area contributed by atoms with Crippen LogP contribution in [0.2, 0.25) is 0 Å². The van der Waals surface area contributed by atoms with E-state index in [1.165, 1.54) is 0 Å². The molecule has 0 unspecified atom stereocenters. The highest BCUT2D eigenvalue weighted by Crippen LogP contribution is 2.08. The maximum atomic E-state index is 12.1. The van der Waals surface area contributed by atoms with Crippen molar-refractivity contribution < 1.29 is 64.7 Å². The van der Waals surface area contributed by atoms with Gasteiger partial charge in [0.25, 0.3) is 0 Å². The van der Waals surface area contributed by atoms with Crippen molar-refractivity contribution >= 4 is 46.6 Å². The summed E-state index contributed by atoms with van der Waals surface area (Å²) < 4.78 is 118. The first-order valence-corrected chi connectivity index (χ1v) is 13.9. The number of carbonyl (C=O) groups excluding carboxylic acids is 1. The molecule has 0 N–H and O–H groups in total. The van der Waals surface area contributed by atoms with Gasteiger partial charge in [-0.3, -0.25) is 8.37 Å². The molecule has 0 aromatic carbocycles. The van der Waals surface area contributed by atoms with Crippen molar-refractivity contribution in [1.82, 2.24) is 0 Å². The number of methoxy groups -OCH3 is 1. The van der Waals surface area contributed by atoms with E-state index in [9.17, 15) is 38.5 Å². The minimum Gasteiger partial charge on any atom is -0.438 e. The summed E-state index contributed by atoms with van der Waals surface area (Å²) in [6.07, 6.45) is -3.12. The lowest BCUT2D eigenvalue weighted by Gasteiger charge is -2.17. The first kappa shape index (κ1) is 28.9. The van der Waals surface area contributed by atoms with E-state index in [1.54, 1.807) is 0 Å². The number of hydrogen-bond donors (Lipinski definition) is 0. The van der Waals surface area contributed by atoms with E-state index in [0.717, 1.165) is 21.3 Å². The Bertz CT molecular complexity index is 890. The smallest absolute Gasteiger partial charge is 0.438 e. The molecule has 0 aromatic heterocycles. The molecule has 0 amide bonds. The zero-order valence-corrected chi connectivity index (χ0v) is 19.3. The van der Waals surface area contributed by atoms with Gasteiger partial charge in [-0.15, -0.1) is 0 Å². The normalized spacial score (nSPS) is 13.3. The average Bonchev–Trinajstić information content (AvgIpc) is 2.59. The fourth-order valence-electron chi connectivity index (χ4n) is 1.66. The van der Waals surface area contributed by atoms with Gasteiger partial charge in [0.1, 0.15) is 6.10 Å². The predicted octanol–water partition coefficient (Wildman–Crippen LogP) is -2.22. The molecule has 0 atom stereocenters. The first-order chi connectivity index (χ1) is 13.6. The van der Waals surface area contributed by atoms with Crippen LogP contribution in [0.4, 0.5) is 4.79 Å². The molecule has 0 aliphatic rings. The number of sulfone groups is 2. The minimum absolute atomic E-state index is 0.788. The Labute approximate surface area is 175 Å². The van der Waals surface area contributed by atoms with E-state index >= 15 is 0 Å². The van der Waals surface area contributed by atoms with E-state index in [2.05, 4.69) is 26.2 Å². The Morgan fingerprint density at radius 3 is 1.37 bits per heavy atom. The van der Waals surface area contributed by atoms with Gasteiger partial charge in [-0.05, 0) is 0 Å². The molecule has 15 nitrogen and oxygen atoms in total. The molecule has 0 aliphatic heterocycles. The summed E-state index contributed by atoms with van der Waals surface area (Å²) in [5.41, 5.74) is 0. The zero-order valence-electron chi connectivity index (χ0n) is 16.1. The van der Waals surface area contributed by atoms with E-state index in [-0.39, 0.29) is 0 Å². The first-order valence-electron chi connectivity index (χ1n) is 7.62. The monoisotopic (exact) mass is 522 g/mol. The van der Waals surface area contributed by atoms with E-state index in [4.69, 9.17) is 0 Å². The molecule has 0 aliphatic carbocycles. The molecule has 180 valence electrons. The Balaban J connectivity index is 5.11. The summed E-state index contributed by atoms with van der Waals surface area (Å²) in [6, 6.07) is 0. The fraction of sp³-hybridized carbons (Fsp3) is 0.909. The molecule has 0 fully saturated rings. The topological polar surface area (TPSA) is 209 Å². The van der Waals surface area contributed by atoms with Gasteiger partial charge in [0.2, 0.25) is 0 Å². The number of ether oxygens (including phenoxy) is 2. The van der Waals surface area contributed by atoms with Crippen molar-refractivity contribution in [3.63, 3.8) is 0 Å². The fourth-order valence-corrected chi connectivity index (χ4v) is 5.30. The van der Waals surface area contributed by atoms with Crippen LogP contribution in [0, 0.1) is 0 Å². The van der Waals surface area contributed by atoms with E-state index in [1.807, 2.05) is 0 Å². The standard InChI is InChI=1S/C11H22O15S4/c1-21-11(12)26-10(8-27(13,14)6-4-24-29(17,18)22-2)9-28(15,16)7-5-25-30(19,20)23-3/h10H,4-9H2,1-3H3. The van der Waals surface area contributed by atoms with Gasteiger partial charge in [0.05, 0.1) is 57.6 Å². The maximum Gasteiger partial charge on any atom is 0.508 e. The van der Waals surface area contributed by atoms with Crippen LogP contribution in [0.3, 0.4) is 0 Å².